The predicted octanol–water partition coefficient (Wildman–Crippen LogP) is 1.05. The number of carbonyl (C=O) groups excluding carboxylic acids is 1. The molecule has 0 aliphatic rings. The maximum atomic E-state index is 12.1. The number of H-pyrrole nitrogens is 1. The Balaban J connectivity index is 2.14. The molecule has 6 nitrogen and oxygen atoms in total. The Kier molecular flexibility index (Phi) is 3.46. The highest BCUT2D eigenvalue weighted by Crippen LogP contribution is 2.16. The van der Waals surface area contributed by atoms with E-state index in [4.69, 9.17) is 6.42 Å². The summed E-state index contributed by atoms with van der Waals surface area (Å²) in [5.41, 5.74) is 1.75. The number of nitrogens with one attached hydrogen (secondary N) is 2. The topological polar surface area (TPSA) is 79.3 Å². The first-order valence-corrected chi connectivity index (χ1v) is 6.59. The van der Waals surface area contributed by atoms with Crippen molar-refractivity contribution in [2.45, 2.75) is 0 Å². The monoisotopic (exact) mass is 292 g/mol. The minimum atomic E-state index is -0.381. The van der Waals surface area contributed by atoms with Gasteiger partial charge in [0, 0.05) is 6.07 Å². The van der Waals surface area contributed by atoms with Crippen LogP contribution >= 0.6 is 0 Å². The molecular weight excluding hydrogens is 280 g/mol. The molecule has 0 aliphatic carbocycles. The van der Waals surface area contributed by atoms with Crippen LogP contribution in [0.2, 0.25) is 0 Å². The molecule has 1 aromatic carbocycles. The van der Waals surface area contributed by atoms with Crippen LogP contribution in [-0.4, -0.2) is 27.0 Å². The number of amides is 1. The van der Waals surface area contributed by atoms with Crippen molar-refractivity contribution in [3.8, 4) is 23.6 Å². The van der Waals surface area contributed by atoms with Crippen LogP contribution in [0.25, 0.3) is 16.9 Å². The van der Waals surface area contributed by atoms with Crippen molar-refractivity contribution in [2.75, 3.05) is 6.54 Å². The van der Waals surface area contributed by atoms with Crippen LogP contribution in [-0.2, 0) is 0 Å². The van der Waals surface area contributed by atoms with Crippen molar-refractivity contribution in [1.82, 2.24) is 19.9 Å². The molecule has 0 saturated heterocycles. The molecule has 2 heterocycles. The van der Waals surface area contributed by atoms with E-state index in [2.05, 4.69) is 21.3 Å². The summed E-state index contributed by atoms with van der Waals surface area (Å²) in [4.78, 5) is 27.3. The Morgan fingerprint density at radius 2 is 2.14 bits per heavy atom. The first-order valence-electron chi connectivity index (χ1n) is 6.59. The van der Waals surface area contributed by atoms with Gasteiger partial charge in [-0.15, -0.1) is 6.42 Å². The van der Waals surface area contributed by atoms with Gasteiger partial charge in [0.2, 0.25) is 0 Å². The standard InChI is InChI=1S/C16H12N4O2/c1-2-8-17-16(22)12-10-18-20-14(21)9-13(19-15(12)20)11-6-4-3-5-7-11/h1,3-7,9-10,19H,8H2,(H,17,22). The Morgan fingerprint density at radius 1 is 1.36 bits per heavy atom. The summed E-state index contributed by atoms with van der Waals surface area (Å²) in [6.45, 7) is 0.110. The number of carbonyl (C=O) groups is 1. The first kappa shape index (κ1) is 13.6. The van der Waals surface area contributed by atoms with Crippen LogP contribution in [0.5, 0.6) is 0 Å². The van der Waals surface area contributed by atoms with E-state index in [1.165, 1.54) is 12.3 Å². The molecule has 0 radical (unpaired) electrons. The number of benzene rings is 1. The van der Waals surface area contributed by atoms with Crippen molar-refractivity contribution in [1.29, 1.82) is 0 Å². The van der Waals surface area contributed by atoms with Crippen molar-refractivity contribution in [3.63, 3.8) is 0 Å². The number of aromatic amines is 1. The second-order valence-electron chi connectivity index (χ2n) is 4.59. The fourth-order valence-electron chi connectivity index (χ4n) is 2.15. The summed E-state index contributed by atoms with van der Waals surface area (Å²) in [7, 11) is 0. The number of terminal acetylenes is 1. The molecule has 0 unspecified atom stereocenters. The van der Waals surface area contributed by atoms with Crippen molar-refractivity contribution in [2.24, 2.45) is 0 Å². The average molecular weight is 292 g/mol. The molecular formula is C16H12N4O2. The van der Waals surface area contributed by atoms with E-state index in [-0.39, 0.29) is 23.6 Å². The van der Waals surface area contributed by atoms with Crippen molar-refractivity contribution in [3.05, 3.63) is 58.5 Å². The van der Waals surface area contributed by atoms with Gasteiger partial charge in [0.25, 0.3) is 11.5 Å². The van der Waals surface area contributed by atoms with Gasteiger partial charge in [-0.1, -0.05) is 36.3 Å². The molecule has 1 amide bonds. The fourth-order valence-corrected chi connectivity index (χ4v) is 2.15. The van der Waals surface area contributed by atoms with E-state index >= 15 is 0 Å². The van der Waals surface area contributed by atoms with Gasteiger partial charge in [-0.05, 0) is 5.56 Å². The summed E-state index contributed by atoms with van der Waals surface area (Å²) in [6.07, 6.45) is 6.46. The molecule has 22 heavy (non-hydrogen) atoms. The molecule has 0 fully saturated rings. The maximum Gasteiger partial charge on any atom is 0.274 e. The second kappa shape index (κ2) is 5.58. The lowest BCUT2D eigenvalue weighted by Crippen LogP contribution is -2.24. The van der Waals surface area contributed by atoms with Gasteiger partial charge in [-0.2, -0.15) is 9.61 Å². The number of nitrogens with zero attached hydrogens (tertiary/aromatic N) is 2. The number of hydrogen-bond donors (Lipinski definition) is 2. The highest BCUT2D eigenvalue weighted by atomic mass is 16.2. The zero-order chi connectivity index (χ0) is 15.5. The summed E-state index contributed by atoms with van der Waals surface area (Å²) in [5.74, 6) is 1.95. The summed E-state index contributed by atoms with van der Waals surface area (Å²) in [6, 6.07) is 10.8. The number of fused-ring (bicyclic) bond motifs is 1. The lowest BCUT2D eigenvalue weighted by Gasteiger charge is -2.04. The van der Waals surface area contributed by atoms with Crippen LogP contribution in [0.1, 0.15) is 10.4 Å². The molecule has 0 aliphatic heterocycles. The SMILES string of the molecule is C#CCNC(=O)c1cnn2c(=O)cc(-c3ccccc3)[nH]c12. The first-order chi connectivity index (χ1) is 10.7. The average Bonchev–Trinajstić information content (AvgIpc) is 2.98. The number of aromatic nitrogens is 3. The fraction of sp³-hybridized carbons (Fsp3) is 0.0625. The summed E-state index contributed by atoms with van der Waals surface area (Å²) in [5, 5.41) is 6.50. The van der Waals surface area contributed by atoms with Gasteiger partial charge in [0.05, 0.1) is 18.4 Å². The lowest BCUT2D eigenvalue weighted by atomic mass is 10.1. The predicted molar refractivity (Wildman–Crippen MR) is 82.4 cm³/mol. The normalized spacial score (nSPS) is 10.3. The zero-order valence-electron chi connectivity index (χ0n) is 11.5. The minimum absolute atomic E-state index is 0.110. The molecule has 6 heteroatoms. The Morgan fingerprint density at radius 3 is 2.86 bits per heavy atom. The Hall–Kier alpha value is -3.33. The quantitative estimate of drug-likeness (QED) is 0.708. The Labute approximate surface area is 125 Å². The largest absolute Gasteiger partial charge is 0.341 e. The van der Waals surface area contributed by atoms with E-state index in [1.54, 1.807) is 0 Å². The molecule has 2 aromatic heterocycles. The summed E-state index contributed by atoms with van der Waals surface area (Å²) < 4.78 is 1.15. The second-order valence-corrected chi connectivity index (χ2v) is 4.59. The number of hydrogen-bond acceptors (Lipinski definition) is 3. The molecule has 0 saturated carbocycles. The molecule has 0 bridgehead atoms. The summed E-state index contributed by atoms with van der Waals surface area (Å²) >= 11 is 0. The van der Waals surface area contributed by atoms with E-state index in [9.17, 15) is 9.59 Å². The van der Waals surface area contributed by atoms with Crippen molar-refractivity contribution < 1.29 is 4.79 Å². The van der Waals surface area contributed by atoms with E-state index in [0.29, 0.717) is 11.3 Å². The van der Waals surface area contributed by atoms with E-state index in [0.717, 1.165) is 10.1 Å². The zero-order valence-corrected chi connectivity index (χ0v) is 11.5. The van der Waals surface area contributed by atoms with Gasteiger partial charge in [0.15, 0.2) is 5.65 Å². The third-order valence-corrected chi connectivity index (χ3v) is 3.18. The van der Waals surface area contributed by atoms with Gasteiger partial charge in [0.1, 0.15) is 5.56 Å². The smallest absolute Gasteiger partial charge is 0.274 e. The number of rotatable bonds is 3. The van der Waals surface area contributed by atoms with E-state index < -0.39 is 0 Å². The van der Waals surface area contributed by atoms with Crippen LogP contribution in [0.15, 0.2) is 47.4 Å². The third-order valence-electron chi connectivity index (χ3n) is 3.18. The van der Waals surface area contributed by atoms with Gasteiger partial charge < -0.3 is 10.3 Å². The Bertz CT molecular complexity index is 932. The molecule has 108 valence electrons. The molecule has 0 atom stereocenters. The van der Waals surface area contributed by atoms with Crippen LogP contribution in [0, 0.1) is 12.3 Å². The third kappa shape index (κ3) is 2.36. The van der Waals surface area contributed by atoms with Gasteiger partial charge in [-0.25, -0.2) is 0 Å². The van der Waals surface area contributed by atoms with E-state index in [1.807, 2.05) is 30.3 Å². The van der Waals surface area contributed by atoms with Gasteiger partial charge >= 0.3 is 0 Å². The van der Waals surface area contributed by atoms with Crippen molar-refractivity contribution >= 4 is 11.6 Å². The highest BCUT2D eigenvalue weighted by molar-refractivity contribution is 5.99. The molecule has 3 rings (SSSR count). The minimum Gasteiger partial charge on any atom is -0.341 e. The maximum absolute atomic E-state index is 12.1. The lowest BCUT2D eigenvalue weighted by molar-refractivity contribution is 0.0960. The molecule has 0 spiro atoms. The highest BCUT2D eigenvalue weighted by Gasteiger charge is 2.15. The molecule has 3 aromatic rings. The molecule has 2 N–H and O–H groups in total. The van der Waals surface area contributed by atoms with Crippen LogP contribution < -0.4 is 10.9 Å². The van der Waals surface area contributed by atoms with Crippen LogP contribution in [0.4, 0.5) is 0 Å². The van der Waals surface area contributed by atoms with Crippen LogP contribution in [0.3, 0.4) is 0 Å². The van der Waals surface area contributed by atoms with Gasteiger partial charge in [-0.3, -0.25) is 9.59 Å².